The third kappa shape index (κ3) is 3.53. The topological polar surface area (TPSA) is 73.6 Å². The summed E-state index contributed by atoms with van der Waals surface area (Å²) in [6.07, 6.45) is 1.03. The highest BCUT2D eigenvalue weighted by Gasteiger charge is 2.16. The molecule has 6 nitrogen and oxygen atoms in total. The average molecular weight is 330 g/mol. The van der Waals surface area contributed by atoms with E-state index in [1.807, 2.05) is 39.0 Å². The summed E-state index contributed by atoms with van der Waals surface area (Å²) in [4.78, 5) is 12.2. The van der Waals surface area contributed by atoms with Crippen molar-refractivity contribution in [2.75, 3.05) is 13.2 Å². The van der Waals surface area contributed by atoms with E-state index in [1.54, 1.807) is 0 Å². The molecular formula is C18H22N2O4. The van der Waals surface area contributed by atoms with Crippen LogP contribution in [0.1, 0.15) is 42.0 Å². The number of benzene rings is 1. The van der Waals surface area contributed by atoms with E-state index in [4.69, 9.17) is 14.0 Å². The number of amides is 1. The highest BCUT2D eigenvalue weighted by Crippen LogP contribution is 2.32. The van der Waals surface area contributed by atoms with Crippen LogP contribution in [0.4, 0.5) is 0 Å². The number of nitrogens with one attached hydrogen (secondary N) is 1. The summed E-state index contributed by atoms with van der Waals surface area (Å²) in [5, 5.41) is 6.93. The van der Waals surface area contributed by atoms with E-state index in [0.717, 1.165) is 34.1 Å². The van der Waals surface area contributed by atoms with Gasteiger partial charge in [-0.25, -0.2) is 0 Å². The van der Waals surface area contributed by atoms with Gasteiger partial charge in [0, 0.05) is 12.0 Å². The van der Waals surface area contributed by atoms with Crippen molar-refractivity contribution in [3.8, 4) is 11.5 Å². The van der Waals surface area contributed by atoms with Gasteiger partial charge in [-0.05, 0) is 44.9 Å². The number of nitrogens with zero attached hydrogens (tertiary/aromatic N) is 1. The number of aryl methyl sites for hydroxylation is 2. The molecule has 1 atom stereocenters. The lowest BCUT2D eigenvalue weighted by molar-refractivity contribution is -0.121. The quantitative estimate of drug-likeness (QED) is 0.912. The first kappa shape index (κ1) is 16.4. The van der Waals surface area contributed by atoms with Gasteiger partial charge in [0.2, 0.25) is 5.91 Å². The third-order valence-electron chi connectivity index (χ3n) is 4.23. The van der Waals surface area contributed by atoms with E-state index in [0.29, 0.717) is 26.1 Å². The minimum atomic E-state index is -0.0991. The summed E-state index contributed by atoms with van der Waals surface area (Å²) in [6, 6.07) is 5.66. The van der Waals surface area contributed by atoms with Crippen LogP contribution in [-0.2, 0) is 11.2 Å². The maximum atomic E-state index is 12.2. The smallest absolute Gasteiger partial charge is 0.220 e. The molecule has 1 aromatic heterocycles. The lowest BCUT2D eigenvalue weighted by Gasteiger charge is -2.21. The van der Waals surface area contributed by atoms with Crippen molar-refractivity contribution in [3.05, 3.63) is 40.8 Å². The molecule has 128 valence electrons. The fourth-order valence-electron chi connectivity index (χ4n) is 2.82. The van der Waals surface area contributed by atoms with Gasteiger partial charge in [-0.3, -0.25) is 4.79 Å². The molecule has 1 aromatic carbocycles. The summed E-state index contributed by atoms with van der Waals surface area (Å²) in [5.74, 6) is 2.26. The summed E-state index contributed by atoms with van der Waals surface area (Å²) < 4.78 is 16.2. The van der Waals surface area contributed by atoms with Gasteiger partial charge in [0.05, 0.1) is 11.7 Å². The molecule has 0 saturated carbocycles. The third-order valence-corrected chi connectivity index (χ3v) is 4.23. The van der Waals surface area contributed by atoms with Crippen LogP contribution in [0.5, 0.6) is 11.5 Å². The fourth-order valence-corrected chi connectivity index (χ4v) is 2.82. The Balaban J connectivity index is 1.58. The molecule has 0 radical (unpaired) electrons. The van der Waals surface area contributed by atoms with Gasteiger partial charge >= 0.3 is 0 Å². The Morgan fingerprint density at radius 2 is 2.00 bits per heavy atom. The van der Waals surface area contributed by atoms with E-state index in [2.05, 4.69) is 10.5 Å². The summed E-state index contributed by atoms with van der Waals surface area (Å²) >= 11 is 0. The molecule has 1 amide bonds. The van der Waals surface area contributed by atoms with Gasteiger partial charge in [-0.15, -0.1) is 0 Å². The molecule has 1 N–H and O–H groups in total. The molecule has 2 aromatic rings. The van der Waals surface area contributed by atoms with Crippen LogP contribution in [0.3, 0.4) is 0 Å². The molecule has 1 aliphatic heterocycles. The number of ether oxygens (including phenoxy) is 2. The molecule has 0 bridgehead atoms. The van der Waals surface area contributed by atoms with E-state index >= 15 is 0 Å². The number of fused-ring (bicyclic) bond motifs is 1. The molecule has 3 rings (SSSR count). The SMILES string of the molecule is Cc1noc(C)c1CCC(=O)N[C@@H](C)c1ccc2c(c1)OCCO2. The van der Waals surface area contributed by atoms with E-state index in [-0.39, 0.29) is 11.9 Å². The number of rotatable bonds is 5. The average Bonchev–Trinajstić information content (AvgIpc) is 2.90. The van der Waals surface area contributed by atoms with E-state index in [1.165, 1.54) is 0 Å². The molecule has 6 heteroatoms. The van der Waals surface area contributed by atoms with Gasteiger partial charge in [-0.1, -0.05) is 11.2 Å². The van der Waals surface area contributed by atoms with Crippen molar-refractivity contribution in [1.82, 2.24) is 10.5 Å². The van der Waals surface area contributed by atoms with Crippen LogP contribution >= 0.6 is 0 Å². The molecule has 0 unspecified atom stereocenters. The fraction of sp³-hybridized carbons (Fsp3) is 0.444. The monoisotopic (exact) mass is 330 g/mol. The zero-order chi connectivity index (χ0) is 17.1. The zero-order valence-electron chi connectivity index (χ0n) is 14.2. The van der Waals surface area contributed by atoms with Gasteiger partial charge in [0.15, 0.2) is 11.5 Å². The Morgan fingerprint density at radius 1 is 1.25 bits per heavy atom. The van der Waals surface area contributed by atoms with Crippen molar-refractivity contribution in [2.24, 2.45) is 0 Å². The van der Waals surface area contributed by atoms with Crippen LogP contribution in [0, 0.1) is 13.8 Å². The highest BCUT2D eigenvalue weighted by molar-refractivity contribution is 5.76. The summed E-state index contributed by atoms with van der Waals surface area (Å²) in [5.41, 5.74) is 2.85. The van der Waals surface area contributed by atoms with Crippen LogP contribution in [0.15, 0.2) is 22.7 Å². The molecule has 2 heterocycles. The largest absolute Gasteiger partial charge is 0.486 e. The number of hydrogen-bond donors (Lipinski definition) is 1. The second-order valence-corrected chi connectivity index (χ2v) is 6.00. The van der Waals surface area contributed by atoms with Crippen molar-refractivity contribution in [2.45, 2.75) is 39.7 Å². The Hall–Kier alpha value is -2.50. The Kier molecular flexibility index (Phi) is 4.74. The van der Waals surface area contributed by atoms with Gasteiger partial charge < -0.3 is 19.3 Å². The number of hydrogen-bond acceptors (Lipinski definition) is 5. The predicted octanol–water partition coefficient (Wildman–Crippen LogP) is 2.87. The van der Waals surface area contributed by atoms with Crippen LogP contribution in [0.2, 0.25) is 0 Å². The first-order chi connectivity index (χ1) is 11.5. The Morgan fingerprint density at radius 3 is 2.71 bits per heavy atom. The van der Waals surface area contributed by atoms with Gasteiger partial charge in [-0.2, -0.15) is 0 Å². The Bertz CT molecular complexity index is 719. The Labute approximate surface area is 141 Å². The lowest BCUT2D eigenvalue weighted by atomic mass is 10.1. The molecular weight excluding hydrogens is 308 g/mol. The van der Waals surface area contributed by atoms with Gasteiger partial charge in [0.1, 0.15) is 19.0 Å². The second-order valence-electron chi connectivity index (χ2n) is 6.00. The second kappa shape index (κ2) is 6.95. The normalized spacial score (nSPS) is 14.3. The van der Waals surface area contributed by atoms with Crippen LogP contribution in [-0.4, -0.2) is 24.3 Å². The van der Waals surface area contributed by atoms with Crippen molar-refractivity contribution in [1.29, 1.82) is 0 Å². The zero-order valence-corrected chi connectivity index (χ0v) is 14.2. The summed E-state index contributed by atoms with van der Waals surface area (Å²) in [6.45, 7) is 6.83. The van der Waals surface area contributed by atoms with Crippen LogP contribution < -0.4 is 14.8 Å². The highest BCUT2D eigenvalue weighted by atomic mass is 16.6. The molecule has 24 heavy (non-hydrogen) atoms. The first-order valence-corrected chi connectivity index (χ1v) is 8.15. The number of carbonyl (C=O) groups is 1. The van der Waals surface area contributed by atoms with Crippen molar-refractivity contribution >= 4 is 5.91 Å². The van der Waals surface area contributed by atoms with E-state index in [9.17, 15) is 4.79 Å². The van der Waals surface area contributed by atoms with Crippen LogP contribution in [0.25, 0.3) is 0 Å². The molecule has 1 aliphatic rings. The van der Waals surface area contributed by atoms with Crippen molar-refractivity contribution in [3.63, 3.8) is 0 Å². The maximum Gasteiger partial charge on any atom is 0.220 e. The van der Waals surface area contributed by atoms with E-state index < -0.39 is 0 Å². The molecule has 0 saturated heterocycles. The molecule has 0 spiro atoms. The lowest BCUT2D eigenvalue weighted by Crippen LogP contribution is -2.27. The first-order valence-electron chi connectivity index (χ1n) is 8.15. The van der Waals surface area contributed by atoms with Crippen molar-refractivity contribution < 1.29 is 18.8 Å². The molecule has 0 fully saturated rings. The number of carbonyl (C=O) groups excluding carboxylic acids is 1. The van der Waals surface area contributed by atoms with Gasteiger partial charge in [0.25, 0.3) is 0 Å². The molecule has 0 aliphatic carbocycles. The standard InChI is InChI=1S/C18H22N2O4/c1-11(14-4-6-16-17(10-14)23-9-8-22-16)19-18(21)7-5-15-12(2)20-24-13(15)3/h4,6,10-11H,5,7-9H2,1-3H3,(H,19,21)/t11-/m0/s1. The minimum Gasteiger partial charge on any atom is -0.486 e. The number of aromatic nitrogens is 1. The summed E-state index contributed by atoms with van der Waals surface area (Å²) in [7, 11) is 0. The predicted molar refractivity (Wildman–Crippen MR) is 88.3 cm³/mol. The maximum absolute atomic E-state index is 12.2. The minimum absolute atomic E-state index is 0.00242.